The van der Waals surface area contributed by atoms with E-state index in [0.29, 0.717) is 20.7 Å². The number of thiocarbonyl (C=S) groups is 1. The molecule has 1 fully saturated rings. The lowest BCUT2D eigenvalue weighted by molar-refractivity contribution is -0.133. The van der Waals surface area contributed by atoms with Gasteiger partial charge in [-0.2, -0.15) is 5.01 Å². The van der Waals surface area contributed by atoms with Crippen molar-refractivity contribution in [2.24, 2.45) is 0 Å². The van der Waals surface area contributed by atoms with Crippen molar-refractivity contribution in [1.82, 2.24) is 10.4 Å². The number of halogens is 1. The van der Waals surface area contributed by atoms with E-state index in [2.05, 4.69) is 5.43 Å². The number of carbonyl (C=O) groups excluding carboxylic acids is 2. The van der Waals surface area contributed by atoms with Crippen LogP contribution >= 0.6 is 35.6 Å². The van der Waals surface area contributed by atoms with Crippen LogP contribution in [0.2, 0.25) is 5.02 Å². The number of hydrazine groups is 1. The zero-order chi connectivity index (χ0) is 16.1. The number of nitrogens with zero attached hydrogens (tertiary/aromatic N) is 1. The summed E-state index contributed by atoms with van der Waals surface area (Å²) in [6.07, 6.45) is 3.81. The Morgan fingerprint density at radius 3 is 2.73 bits per heavy atom. The van der Waals surface area contributed by atoms with E-state index in [4.69, 9.17) is 23.8 Å². The molecule has 1 aliphatic heterocycles. The first-order chi connectivity index (χ1) is 10.5. The first-order valence-electron chi connectivity index (χ1n) is 6.84. The lowest BCUT2D eigenvalue weighted by atomic mass is 10.2. The molecule has 2 rings (SSSR count). The molecule has 1 saturated heterocycles. The molecule has 0 aromatic heterocycles. The van der Waals surface area contributed by atoms with Gasteiger partial charge in [-0.15, -0.1) is 0 Å². The third kappa shape index (κ3) is 4.32. The standard InChI is InChI=1S/C15H15ClN2O2S2/c1-2-3-4-13(19)17-18-14(20)12(22-15(18)21)9-10-5-7-11(16)8-6-10/h5-9H,2-4H2,1H3,(H,17,19)/b12-9+. The number of unbranched alkanes of at least 4 members (excludes halogenated alkanes) is 1. The Hall–Kier alpha value is -1.37. The van der Waals surface area contributed by atoms with E-state index in [9.17, 15) is 9.59 Å². The fourth-order valence-corrected chi connectivity index (χ4v) is 3.10. The van der Waals surface area contributed by atoms with E-state index in [1.54, 1.807) is 18.2 Å². The summed E-state index contributed by atoms with van der Waals surface area (Å²) < 4.78 is 0.329. The molecule has 1 aliphatic rings. The van der Waals surface area contributed by atoms with Gasteiger partial charge in [0.05, 0.1) is 4.91 Å². The van der Waals surface area contributed by atoms with Crippen LogP contribution in [0.3, 0.4) is 0 Å². The van der Waals surface area contributed by atoms with Crippen LogP contribution in [-0.2, 0) is 9.59 Å². The lowest BCUT2D eigenvalue weighted by Crippen LogP contribution is -2.44. The van der Waals surface area contributed by atoms with Gasteiger partial charge >= 0.3 is 0 Å². The third-order valence-corrected chi connectivity index (χ3v) is 4.51. The highest BCUT2D eigenvalue weighted by molar-refractivity contribution is 8.26. The molecule has 1 N–H and O–H groups in total. The van der Waals surface area contributed by atoms with Crippen molar-refractivity contribution in [3.05, 3.63) is 39.8 Å². The zero-order valence-corrected chi connectivity index (χ0v) is 14.4. The number of rotatable bonds is 5. The van der Waals surface area contributed by atoms with E-state index >= 15 is 0 Å². The van der Waals surface area contributed by atoms with Crippen molar-refractivity contribution in [3.63, 3.8) is 0 Å². The molecule has 7 heteroatoms. The maximum absolute atomic E-state index is 12.3. The summed E-state index contributed by atoms with van der Waals surface area (Å²) in [5.74, 6) is -0.513. The van der Waals surface area contributed by atoms with Crippen molar-refractivity contribution in [1.29, 1.82) is 0 Å². The molecule has 1 heterocycles. The van der Waals surface area contributed by atoms with Gasteiger partial charge in [0.15, 0.2) is 4.32 Å². The molecule has 0 radical (unpaired) electrons. The van der Waals surface area contributed by atoms with Crippen molar-refractivity contribution in [3.8, 4) is 0 Å². The quantitative estimate of drug-likeness (QED) is 0.646. The molecule has 2 amide bonds. The third-order valence-electron chi connectivity index (χ3n) is 2.96. The zero-order valence-electron chi connectivity index (χ0n) is 12.0. The molecule has 0 atom stereocenters. The molecule has 0 bridgehead atoms. The summed E-state index contributed by atoms with van der Waals surface area (Å²) in [6, 6.07) is 7.13. The predicted octanol–water partition coefficient (Wildman–Crippen LogP) is 3.76. The van der Waals surface area contributed by atoms with Crippen LogP contribution in [0, 0.1) is 0 Å². The fraction of sp³-hybridized carbons (Fsp3) is 0.267. The second kappa shape index (κ2) is 7.76. The van der Waals surface area contributed by atoms with E-state index in [0.717, 1.165) is 23.4 Å². The number of amides is 2. The Bertz CT molecular complexity index is 629. The van der Waals surface area contributed by atoms with Crippen LogP contribution in [-0.4, -0.2) is 21.1 Å². The normalized spacial score (nSPS) is 16.5. The average molecular weight is 355 g/mol. The minimum absolute atomic E-state index is 0.203. The van der Waals surface area contributed by atoms with Gasteiger partial charge in [-0.25, -0.2) is 0 Å². The van der Waals surface area contributed by atoms with Crippen LogP contribution in [0.1, 0.15) is 31.7 Å². The van der Waals surface area contributed by atoms with Crippen molar-refractivity contribution in [2.45, 2.75) is 26.2 Å². The van der Waals surface area contributed by atoms with E-state index in [-0.39, 0.29) is 11.8 Å². The largest absolute Gasteiger partial charge is 0.285 e. The highest BCUT2D eigenvalue weighted by Gasteiger charge is 2.33. The molecular formula is C15H15ClN2O2S2. The molecule has 4 nitrogen and oxygen atoms in total. The Morgan fingerprint density at radius 1 is 1.41 bits per heavy atom. The summed E-state index contributed by atoms with van der Waals surface area (Å²) in [5.41, 5.74) is 3.41. The van der Waals surface area contributed by atoms with Crippen LogP contribution in [0.15, 0.2) is 29.2 Å². The van der Waals surface area contributed by atoms with Crippen LogP contribution in [0.25, 0.3) is 6.08 Å². The maximum Gasteiger partial charge on any atom is 0.285 e. The van der Waals surface area contributed by atoms with Crippen LogP contribution in [0.5, 0.6) is 0 Å². The lowest BCUT2D eigenvalue weighted by Gasteiger charge is -2.15. The van der Waals surface area contributed by atoms with E-state index in [1.807, 2.05) is 19.1 Å². The Labute approximate surface area is 143 Å². The minimum atomic E-state index is -0.310. The fourth-order valence-electron chi connectivity index (χ4n) is 1.79. The monoisotopic (exact) mass is 354 g/mol. The van der Waals surface area contributed by atoms with Crippen molar-refractivity contribution < 1.29 is 9.59 Å². The SMILES string of the molecule is CCCCC(=O)NN1C(=O)/C(=C\c2ccc(Cl)cc2)SC1=S. The van der Waals surface area contributed by atoms with Crippen molar-refractivity contribution >= 4 is 57.8 Å². The first-order valence-corrected chi connectivity index (χ1v) is 8.44. The van der Waals surface area contributed by atoms with Gasteiger partial charge in [-0.05, 0) is 42.4 Å². The van der Waals surface area contributed by atoms with E-state index < -0.39 is 0 Å². The van der Waals surface area contributed by atoms with Gasteiger partial charge in [-0.3, -0.25) is 15.0 Å². The minimum Gasteiger partial charge on any atom is -0.273 e. The average Bonchev–Trinajstić information content (AvgIpc) is 2.75. The summed E-state index contributed by atoms with van der Waals surface area (Å²) in [4.78, 5) is 24.5. The van der Waals surface area contributed by atoms with Gasteiger partial charge in [0.25, 0.3) is 5.91 Å². The second-order valence-corrected chi connectivity index (χ2v) is 6.82. The predicted molar refractivity (Wildman–Crippen MR) is 94.1 cm³/mol. The molecule has 0 aliphatic carbocycles. The number of thioether (sulfide) groups is 1. The van der Waals surface area contributed by atoms with Gasteiger partial charge < -0.3 is 0 Å². The molecule has 1 aromatic carbocycles. The summed E-state index contributed by atoms with van der Waals surface area (Å²) >= 11 is 12.2. The molecule has 1 aromatic rings. The van der Waals surface area contributed by atoms with Crippen molar-refractivity contribution in [2.75, 3.05) is 0 Å². The maximum atomic E-state index is 12.3. The number of benzene rings is 1. The number of carbonyl (C=O) groups is 2. The summed E-state index contributed by atoms with van der Waals surface area (Å²) in [7, 11) is 0. The van der Waals surface area contributed by atoms with E-state index in [1.165, 1.54) is 11.8 Å². The molecule has 0 saturated carbocycles. The molecule has 0 unspecified atom stereocenters. The topological polar surface area (TPSA) is 49.4 Å². The number of nitrogens with one attached hydrogen (secondary N) is 1. The molecule has 116 valence electrons. The van der Waals surface area contributed by atoms with Gasteiger partial charge in [0, 0.05) is 11.4 Å². The highest BCUT2D eigenvalue weighted by atomic mass is 35.5. The highest BCUT2D eigenvalue weighted by Crippen LogP contribution is 2.31. The summed E-state index contributed by atoms with van der Waals surface area (Å²) in [6.45, 7) is 2.00. The molecule has 22 heavy (non-hydrogen) atoms. The number of hydrogen-bond acceptors (Lipinski definition) is 4. The van der Waals surface area contributed by atoms with Gasteiger partial charge in [-0.1, -0.05) is 48.8 Å². The smallest absolute Gasteiger partial charge is 0.273 e. The Kier molecular flexibility index (Phi) is 5.99. The van der Waals surface area contributed by atoms with Gasteiger partial charge in [0.1, 0.15) is 0 Å². The number of hydrogen-bond donors (Lipinski definition) is 1. The van der Waals surface area contributed by atoms with Gasteiger partial charge in [0.2, 0.25) is 5.91 Å². The Balaban J connectivity index is 2.08. The summed E-state index contributed by atoms with van der Waals surface area (Å²) in [5, 5.41) is 1.77. The molecule has 0 spiro atoms. The molecular weight excluding hydrogens is 340 g/mol. The first kappa shape index (κ1) is 17.0. The van der Waals surface area contributed by atoms with Crippen LogP contribution < -0.4 is 5.43 Å². The Morgan fingerprint density at radius 2 is 2.09 bits per heavy atom. The van der Waals surface area contributed by atoms with Crippen LogP contribution in [0.4, 0.5) is 0 Å². The second-order valence-electron chi connectivity index (χ2n) is 4.71.